The summed E-state index contributed by atoms with van der Waals surface area (Å²) in [4.78, 5) is 0. The smallest absolute Gasteiger partial charge is 0.115 e. The van der Waals surface area contributed by atoms with E-state index < -0.39 is 0 Å². The average Bonchev–Trinajstić information content (AvgIpc) is 2.18. The SMILES string of the molecule is Oc1cccc([C@@H]2CCCC[C@H]2O)c1. The number of benzene rings is 1. The second-order valence-electron chi connectivity index (χ2n) is 4.05. The lowest BCUT2D eigenvalue weighted by Gasteiger charge is -2.27. The predicted molar refractivity (Wildman–Crippen MR) is 55.3 cm³/mol. The van der Waals surface area contributed by atoms with Crippen molar-refractivity contribution in [3.05, 3.63) is 29.8 Å². The highest BCUT2D eigenvalue weighted by Gasteiger charge is 2.24. The first kappa shape index (κ1) is 9.53. The van der Waals surface area contributed by atoms with Gasteiger partial charge in [-0.1, -0.05) is 25.0 Å². The van der Waals surface area contributed by atoms with Gasteiger partial charge < -0.3 is 10.2 Å². The summed E-state index contributed by atoms with van der Waals surface area (Å²) in [5, 5.41) is 19.2. The summed E-state index contributed by atoms with van der Waals surface area (Å²) in [5.74, 6) is 0.510. The summed E-state index contributed by atoms with van der Waals surface area (Å²) in [5.41, 5.74) is 1.07. The maximum atomic E-state index is 9.83. The lowest BCUT2D eigenvalue weighted by atomic mass is 9.82. The number of hydrogen-bond acceptors (Lipinski definition) is 2. The van der Waals surface area contributed by atoms with Crippen molar-refractivity contribution in [2.24, 2.45) is 0 Å². The monoisotopic (exact) mass is 192 g/mol. The van der Waals surface area contributed by atoms with Crippen LogP contribution in [-0.2, 0) is 0 Å². The van der Waals surface area contributed by atoms with Crippen LogP contribution in [0.4, 0.5) is 0 Å². The maximum Gasteiger partial charge on any atom is 0.115 e. The molecule has 1 saturated carbocycles. The van der Waals surface area contributed by atoms with Gasteiger partial charge in [0.05, 0.1) is 6.10 Å². The van der Waals surface area contributed by atoms with E-state index in [2.05, 4.69) is 0 Å². The third-order valence-electron chi connectivity index (χ3n) is 3.03. The summed E-state index contributed by atoms with van der Waals surface area (Å²) < 4.78 is 0. The van der Waals surface area contributed by atoms with Gasteiger partial charge in [-0.15, -0.1) is 0 Å². The quantitative estimate of drug-likeness (QED) is 0.717. The summed E-state index contributed by atoms with van der Waals surface area (Å²) in [7, 11) is 0. The van der Waals surface area contributed by atoms with Gasteiger partial charge in [0.1, 0.15) is 5.75 Å². The third kappa shape index (κ3) is 1.90. The van der Waals surface area contributed by atoms with E-state index >= 15 is 0 Å². The number of phenols is 1. The Hall–Kier alpha value is -1.02. The van der Waals surface area contributed by atoms with Crippen LogP contribution in [0, 0.1) is 0 Å². The van der Waals surface area contributed by atoms with E-state index in [0.29, 0.717) is 5.75 Å². The zero-order valence-electron chi connectivity index (χ0n) is 8.19. The molecule has 0 bridgehead atoms. The predicted octanol–water partition coefficient (Wildman–Crippen LogP) is 2.41. The van der Waals surface area contributed by atoms with E-state index in [9.17, 15) is 10.2 Å². The Kier molecular flexibility index (Phi) is 2.73. The van der Waals surface area contributed by atoms with E-state index in [-0.39, 0.29) is 12.0 Å². The Bertz CT molecular complexity index is 309. The number of rotatable bonds is 1. The number of aliphatic hydroxyl groups is 1. The molecule has 0 heterocycles. The third-order valence-corrected chi connectivity index (χ3v) is 3.03. The first-order chi connectivity index (χ1) is 6.77. The molecule has 76 valence electrons. The Morgan fingerprint density at radius 2 is 1.93 bits per heavy atom. The summed E-state index contributed by atoms with van der Waals surface area (Å²) in [6.07, 6.45) is 3.99. The molecule has 0 aliphatic heterocycles. The van der Waals surface area contributed by atoms with Gasteiger partial charge in [0.2, 0.25) is 0 Å². The van der Waals surface area contributed by atoms with Gasteiger partial charge in [-0.25, -0.2) is 0 Å². The summed E-state index contributed by atoms with van der Waals surface area (Å²) in [6.45, 7) is 0. The van der Waals surface area contributed by atoms with Gasteiger partial charge in [-0.3, -0.25) is 0 Å². The van der Waals surface area contributed by atoms with Crippen molar-refractivity contribution in [1.29, 1.82) is 0 Å². The number of aromatic hydroxyl groups is 1. The molecule has 0 radical (unpaired) electrons. The Balaban J connectivity index is 2.20. The molecule has 1 aromatic rings. The van der Waals surface area contributed by atoms with Crippen LogP contribution in [0.15, 0.2) is 24.3 Å². The molecule has 0 saturated heterocycles. The molecule has 2 nitrogen and oxygen atoms in total. The van der Waals surface area contributed by atoms with Gasteiger partial charge in [0.15, 0.2) is 0 Å². The first-order valence-electron chi connectivity index (χ1n) is 5.24. The molecule has 0 unspecified atom stereocenters. The standard InChI is InChI=1S/C12H16O2/c13-10-5-3-4-9(8-10)11-6-1-2-7-12(11)14/h3-5,8,11-14H,1-2,6-7H2/t11-,12+/m0/s1. The second-order valence-corrected chi connectivity index (χ2v) is 4.05. The van der Waals surface area contributed by atoms with Crippen LogP contribution in [-0.4, -0.2) is 16.3 Å². The Morgan fingerprint density at radius 1 is 1.14 bits per heavy atom. The van der Waals surface area contributed by atoms with Crippen molar-refractivity contribution in [3.8, 4) is 5.75 Å². The highest BCUT2D eigenvalue weighted by Crippen LogP contribution is 2.33. The fourth-order valence-electron chi connectivity index (χ4n) is 2.26. The van der Waals surface area contributed by atoms with Crippen molar-refractivity contribution in [1.82, 2.24) is 0 Å². The van der Waals surface area contributed by atoms with Crippen molar-refractivity contribution < 1.29 is 10.2 Å². The molecule has 1 aliphatic carbocycles. The minimum absolute atomic E-state index is 0.218. The Morgan fingerprint density at radius 3 is 2.64 bits per heavy atom. The lowest BCUT2D eigenvalue weighted by Crippen LogP contribution is -2.22. The molecule has 2 N–H and O–H groups in total. The van der Waals surface area contributed by atoms with Crippen LogP contribution in [0.25, 0.3) is 0 Å². The Labute approximate surface area is 84.2 Å². The maximum absolute atomic E-state index is 9.83. The fourth-order valence-corrected chi connectivity index (χ4v) is 2.26. The van der Waals surface area contributed by atoms with Crippen LogP contribution in [0.1, 0.15) is 37.2 Å². The van der Waals surface area contributed by atoms with Crippen LogP contribution < -0.4 is 0 Å². The summed E-state index contributed by atoms with van der Waals surface area (Å²) >= 11 is 0. The van der Waals surface area contributed by atoms with Crippen molar-refractivity contribution in [2.75, 3.05) is 0 Å². The highest BCUT2D eigenvalue weighted by atomic mass is 16.3. The molecule has 0 amide bonds. The van der Waals surface area contributed by atoms with Gasteiger partial charge in [-0.05, 0) is 30.5 Å². The largest absolute Gasteiger partial charge is 0.508 e. The van der Waals surface area contributed by atoms with Crippen LogP contribution in [0.3, 0.4) is 0 Å². The molecule has 1 aliphatic rings. The molecular weight excluding hydrogens is 176 g/mol. The van der Waals surface area contributed by atoms with E-state index in [1.54, 1.807) is 12.1 Å². The molecule has 14 heavy (non-hydrogen) atoms. The normalized spacial score (nSPS) is 27.5. The van der Waals surface area contributed by atoms with Crippen LogP contribution in [0.5, 0.6) is 5.75 Å². The van der Waals surface area contributed by atoms with Gasteiger partial charge in [0, 0.05) is 5.92 Å². The lowest BCUT2D eigenvalue weighted by molar-refractivity contribution is 0.106. The van der Waals surface area contributed by atoms with E-state index in [0.717, 1.165) is 24.8 Å². The van der Waals surface area contributed by atoms with Crippen molar-refractivity contribution in [3.63, 3.8) is 0 Å². The molecule has 2 rings (SSSR count). The average molecular weight is 192 g/mol. The zero-order chi connectivity index (χ0) is 9.97. The van der Waals surface area contributed by atoms with Crippen molar-refractivity contribution in [2.45, 2.75) is 37.7 Å². The number of aliphatic hydroxyl groups excluding tert-OH is 1. The minimum atomic E-state index is -0.231. The van der Waals surface area contributed by atoms with E-state index in [1.807, 2.05) is 12.1 Å². The first-order valence-corrected chi connectivity index (χ1v) is 5.24. The molecule has 2 heteroatoms. The summed E-state index contributed by atoms with van der Waals surface area (Å²) in [6, 6.07) is 7.25. The fraction of sp³-hybridized carbons (Fsp3) is 0.500. The molecule has 1 fully saturated rings. The molecule has 0 spiro atoms. The van der Waals surface area contributed by atoms with Gasteiger partial charge >= 0.3 is 0 Å². The van der Waals surface area contributed by atoms with E-state index in [4.69, 9.17) is 0 Å². The molecule has 2 atom stereocenters. The van der Waals surface area contributed by atoms with Gasteiger partial charge in [0.25, 0.3) is 0 Å². The molecule has 0 aromatic heterocycles. The second kappa shape index (κ2) is 4.01. The van der Waals surface area contributed by atoms with Crippen LogP contribution >= 0.6 is 0 Å². The van der Waals surface area contributed by atoms with Crippen molar-refractivity contribution >= 4 is 0 Å². The van der Waals surface area contributed by atoms with E-state index in [1.165, 1.54) is 6.42 Å². The zero-order valence-corrected chi connectivity index (χ0v) is 8.19. The topological polar surface area (TPSA) is 40.5 Å². The minimum Gasteiger partial charge on any atom is -0.508 e. The molecular formula is C12H16O2. The number of hydrogen-bond donors (Lipinski definition) is 2. The number of phenolic OH excluding ortho intramolecular Hbond substituents is 1. The highest BCUT2D eigenvalue weighted by molar-refractivity contribution is 5.30. The van der Waals surface area contributed by atoms with Crippen LogP contribution in [0.2, 0.25) is 0 Å². The molecule has 1 aromatic carbocycles. The van der Waals surface area contributed by atoms with Gasteiger partial charge in [-0.2, -0.15) is 0 Å².